The highest BCUT2D eigenvalue weighted by Crippen LogP contribution is 2.44. The van der Waals surface area contributed by atoms with Crippen molar-refractivity contribution in [1.82, 2.24) is 0 Å². The lowest BCUT2D eigenvalue weighted by atomic mass is 9.72. The Balaban J connectivity index is 1.63. The number of fused-ring (bicyclic) bond motifs is 1. The zero-order chi connectivity index (χ0) is 22.9. The molecule has 2 aromatic carbocycles. The van der Waals surface area contributed by atoms with Gasteiger partial charge in [0.15, 0.2) is 5.78 Å². The van der Waals surface area contributed by atoms with Crippen LogP contribution in [0.15, 0.2) is 54.6 Å². The summed E-state index contributed by atoms with van der Waals surface area (Å²) in [5, 5.41) is 13.3. The SMILES string of the molecule is CC(C)(C)[C@@H]1CCc2c(sc(NC(=O)c3ccccc3C(=O)c3ccccc3)c2C#N)C1. The highest BCUT2D eigenvalue weighted by molar-refractivity contribution is 7.16. The largest absolute Gasteiger partial charge is 0.312 e. The van der Waals surface area contributed by atoms with Gasteiger partial charge in [-0.1, -0.05) is 69.3 Å². The maximum absolute atomic E-state index is 13.2. The quantitative estimate of drug-likeness (QED) is 0.485. The number of benzene rings is 2. The molecule has 1 atom stereocenters. The molecule has 1 aliphatic carbocycles. The van der Waals surface area contributed by atoms with E-state index in [2.05, 4.69) is 32.2 Å². The van der Waals surface area contributed by atoms with Gasteiger partial charge in [0, 0.05) is 16.0 Å². The highest BCUT2D eigenvalue weighted by atomic mass is 32.1. The summed E-state index contributed by atoms with van der Waals surface area (Å²) >= 11 is 1.50. The van der Waals surface area contributed by atoms with Crippen molar-refractivity contribution in [2.24, 2.45) is 11.3 Å². The van der Waals surface area contributed by atoms with E-state index >= 15 is 0 Å². The molecule has 0 saturated heterocycles. The lowest BCUT2D eigenvalue weighted by molar-refractivity contribution is 0.0996. The number of amides is 1. The molecular formula is C27H26N2O2S. The van der Waals surface area contributed by atoms with Crippen LogP contribution in [0.4, 0.5) is 5.00 Å². The van der Waals surface area contributed by atoms with Crippen molar-refractivity contribution in [3.63, 3.8) is 0 Å². The fraction of sp³-hybridized carbons (Fsp3) is 0.296. The van der Waals surface area contributed by atoms with Gasteiger partial charge >= 0.3 is 0 Å². The number of nitrogens with one attached hydrogen (secondary N) is 1. The Morgan fingerprint density at radius 1 is 1.03 bits per heavy atom. The zero-order valence-corrected chi connectivity index (χ0v) is 19.4. The van der Waals surface area contributed by atoms with Gasteiger partial charge in [0.05, 0.1) is 11.1 Å². The van der Waals surface area contributed by atoms with Gasteiger partial charge in [-0.3, -0.25) is 9.59 Å². The molecule has 1 amide bonds. The first-order valence-corrected chi connectivity index (χ1v) is 11.7. The van der Waals surface area contributed by atoms with Crippen molar-refractivity contribution in [1.29, 1.82) is 5.26 Å². The molecule has 0 unspecified atom stereocenters. The number of rotatable bonds is 4. The number of hydrogen-bond acceptors (Lipinski definition) is 4. The lowest BCUT2D eigenvalue weighted by Gasteiger charge is -2.33. The average Bonchev–Trinajstić information content (AvgIpc) is 3.14. The van der Waals surface area contributed by atoms with Crippen LogP contribution in [-0.2, 0) is 12.8 Å². The van der Waals surface area contributed by atoms with Gasteiger partial charge in [-0.25, -0.2) is 0 Å². The second-order valence-corrected chi connectivity index (χ2v) is 10.4. The second-order valence-electron chi connectivity index (χ2n) is 9.32. The molecule has 32 heavy (non-hydrogen) atoms. The van der Waals surface area contributed by atoms with E-state index in [4.69, 9.17) is 0 Å². The molecule has 0 radical (unpaired) electrons. The third-order valence-corrected chi connectivity index (χ3v) is 7.45. The first kappa shape index (κ1) is 22.0. The standard InChI is InChI=1S/C27H26N2O2S/c1-27(2,3)18-13-14-19-22(16-28)26(32-23(19)15-18)29-25(31)21-12-8-7-11-20(21)24(30)17-9-5-4-6-10-17/h4-12,18H,13-15H2,1-3H3,(H,29,31)/t18-/m1/s1. The Bertz CT molecular complexity index is 1210. The normalized spacial score (nSPS) is 15.5. The van der Waals surface area contributed by atoms with E-state index in [9.17, 15) is 14.9 Å². The van der Waals surface area contributed by atoms with E-state index < -0.39 is 0 Å². The average molecular weight is 443 g/mol. The minimum Gasteiger partial charge on any atom is -0.312 e. The van der Waals surface area contributed by atoms with Crippen LogP contribution >= 0.6 is 11.3 Å². The first-order chi connectivity index (χ1) is 15.3. The molecular weight excluding hydrogens is 416 g/mol. The monoisotopic (exact) mass is 442 g/mol. The summed E-state index contributed by atoms with van der Waals surface area (Å²) in [7, 11) is 0. The molecule has 162 valence electrons. The summed E-state index contributed by atoms with van der Waals surface area (Å²) in [6.07, 6.45) is 2.83. The van der Waals surface area contributed by atoms with Crippen LogP contribution < -0.4 is 5.32 Å². The molecule has 1 aromatic heterocycles. The van der Waals surface area contributed by atoms with E-state index in [0.717, 1.165) is 24.8 Å². The topological polar surface area (TPSA) is 70.0 Å². The van der Waals surface area contributed by atoms with Crippen molar-refractivity contribution in [2.45, 2.75) is 40.0 Å². The Labute approximate surface area is 192 Å². The smallest absolute Gasteiger partial charge is 0.257 e. The molecule has 4 rings (SSSR count). The summed E-state index contributed by atoms with van der Waals surface area (Å²) in [6.45, 7) is 6.76. The van der Waals surface area contributed by atoms with E-state index in [1.54, 1.807) is 48.5 Å². The van der Waals surface area contributed by atoms with E-state index in [0.29, 0.717) is 33.2 Å². The summed E-state index contributed by atoms with van der Waals surface area (Å²) in [5.41, 5.74) is 3.03. The summed E-state index contributed by atoms with van der Waals surface area (Å²) in [4.78, 5) is 27.4. The fourth-order valence-corrected chi connectivity index (χ4v) is 5.60. The van der Waals surface area contributed by atoms with Crippen LogP contribution in [0.2, 0.25) is 0 Å². The van der Waals surface area contributed by atoms with Gasteiger partial charge < -0.3 is 5.32 Å². The van der Waals surface area contributed by atoms with Crippen molar-refractivity contribution in [3.05, 3.63) is 87.3 Å². The van der Waals surface area contributed by atoms with Crippen LogP contribution in [0.25, 0.3) is 0 Å². The molecule has 3 aromatic rings. The Hall–Kier alpha value is -3.23. The van der Waals surface area contributed by atoms with Crippen molar-refractivity contribution in [3.8, 4) is 6.07 Å². The Kier molecular flexibility index (Phi) is 5.99. The number of nitrogens with zero attached hydrogens (tertiary/aromatic N) is 1. The van der Waals surface area contributed by atoms with Crippen molar-refractivity contribution in [2.75, 3.05) is 5.32 Å². The number of hydrogen-bond donors (Lipinski definition) is 1. The third kappa shape index (κ3) is 4.24. The molecule has 1 N–H and O–H groups in total. The first-order valence-electron chi connectivity index (χ1n) is 10.8. The van der Waals surface area contributed by atoms with E-state index in [-0.39, 0.29) is 17.1 Å². The maximum Gasteiger partial charge on any atom is 0.257 e. The van der Waals surface area contributed by atoms with E-state index in [1.165, 1.54) is 16.2 Å². The molecule has 0 spiro atoms. The van der Waals surface area contributed by atoms with Gasteiger partial charge in [-0.05, 0) is 42.2 Å². The third-order valence-electron chi connectivity index (χ3n) is 6.28. The molecule has 0 saturated carbocycles. The second kappa shape index (κ2) is 8.72. The van der Waals surface area contributed by atoms with Crippen molar-refractivity contribution >= 4 is 28.0 Å². The molecule has 5 heteroatoms. The van der Waals surface area contributed by atoms with E-state index in [1.807, 2.05) is 6.07 Å². The number of thiophene rings is 1. The molecule has 0 bridgehead atoms. The highest BCUT2D eigenvalue weighted by Gasteiger charge is 2.32. The van der Waals surface area contributed by atoms with Gasteiger partial charge in [0.2, 0.25) is 0 Å². The molecule has 1 aliphatic rings. The number of carbonyl (C=O) groups excluding carboxylic acids is 2. The van der Waals surface area contributed by atoms with Gasteiger partial charge in [0.25, 0.3) is 5.91 Å². The van der Waals surface area contributed by atoms with Crippen LogP contribution in [-0.4, -0.2) is 11.7 Å². The van der Waals surface area contributed by atoms with Crippen LogP contribution in [0.1, 0.15) is 69.5 Å². The predicted octanol–water partition coefficient (Wildman–Crippen LogP) is 6.25. The molecule has 4 nitrogen and oxygen atoms in total. The van der Waals surface area contributed by atoms with Gasteiger partial charge in [0.1, 0.15) is 11.1 Å². The molecule has 0 aliphatic heterocycles. The summed E-state index contributed by atoms with van der Waals surface area (Å²) < 4.78 is 0. The zero-order valence-electron chi connectivity index (χ0n) is 18.6. The summed E-state index contributed by atoms with van der Waals surface area (Å²) in [6, 6.07) is 18.1. The minimum absolute atomic E-state index is 0.199. The van der Waals surface area contributed by atoms with Crippen molar-refractivity contribution < 1.29 is 9.59 Å². The number of anilines is 1. The maximum atomic E-state index is 13.2. The number of ketones is 1. The van der Waals surface area contributed by atoms with Crippen LogP contribution in [0.5, 0.6) is 0 Å². The molecule has 1 heterocycles. The van der Waals surface area contributed by atoms with Crippen LogP contribution in [0.3, 0.4) is 0 Å². The van der Waals surface area contributed by atoms with Gasteiger partial charge in [-0.15, -0.1) is 11.3 Å². The molecule has 0 fully saturated rings. The summed E-state index contributed by atoms with van der Waals surface area (Å²) in [5.74, 6) is -0.0179. The van der Waals surface area contributed by atoms with Crippen LogP contribution in [0, 0.1) is 22.7 Å². The number of carbonyl (C=O) groups is 2. The lowest BCUT2D eigenvalue weighted by Crippen LogP contribution is -2.26. The Morgan fingerprint density at radius 2 is 1.69 bits per heavy atom. The number of nitriles is 1. The minimum atomic E-state index is -0.368. The Morgan fingerprint density at radius 3 is 2.34 bits per heavy atom. The predicted molar refractivity (Wildman–Crippen MR) is 128 cm³/mol. The van der Waals surface area contributed by atoms with Gasteiger partial charge in [-0.2, -0.15) is 5.26 Å². The fourth-order valence-electron chi connectivity index (χ4n) is 4.33.